The fourth-order valence-electron chi connectivity index (χ4n) is 1.62. The number of carboxylic acid groups (broad SMARTS) is 1. The van der Waals surface area contributed by atoms with E-state index in [1.54, 1.807) is 4.90 Å². The minimum Gasteiger partial charge on any atom is -0.481 e. The van der Waals surface area contributed by atoms with E-state index in [1.807, 2.05) is 20.8 Å². The summed E-state index contributed by atoms with van der Waals surface area (Å²) in [6.07, 6.45) is 2.10. The van der Waals surface area contributed by atoms with Crippen molar-refractivity contribution in [3.63, 3.8) is 0 Å². The first kappa shape index (κ1) is 13.0. The summed E-state index contributed by atoms with van der Waals surface area (Å²) in [4.78, 5) is 24.4. The standard InChI is InChI=1S/C12H21NO3/c1-8(2)9(3)12(16)13(10-4-5-10)7-6-11(14)15/h8-10H,4-7H2,1-3H3,(H,14,15). The minimum atomic E-state index is -0.837. The van der Waals surface area contributed by atoms with Gasteiger partial charge in [0.15, 0.2) is 0 Å². The molecule has 1 fully saturated rings. The summed E-state index contributed by atoms with van der Waals surface area (Å²) >= 11 is 0. The van der Waals surface area contributed by atoms with Gasteiger partial charge < -0.3 is 10.0 Å². The summed E-state index contributed by atoms with van der Waals surface area (Å²) in [7, 11) is 0. The Labute approximate surface area is 96.6 Å². The first-order valence-electron chi connectivity index (χ1n) is 5.95. The number of hydrogen-bond donors (Lipinski definition) is 1. The van der Waals surface area contributed by atoms with Crippen LogP contribution in [0, 0.1) is 11.8 Å². The lowest BCUT2D eigenvalue weighted by molar-refractivity contribution is -0.140. The van der Waals surface area contributed by atoms with E-state index < -0.39 is 5.97 Å². The summed E-state index contributed by atoms with van der Waals surface area (Å²) in [5.74, 6) is -0.442. The van der Waals surface area contributed by atoms with Crippen molar-refractivity contribution in [1.29, 1.82) is 0 Å². The summed E-state index contributed by atoms with van der Waals surface area (Å²) in [6, 6.07) is 0.299. The zero-order valence-electron chi connectivity index (χ0n) is 10.3. The van der Waals surface area contributed by atoms with Gasteiger partial charge in [0.2, 0.25) is 5.91 Å². The fraction of sp³-hybridized carbons (Fsp3) is 0.833. The van der Waals surface area contributed by atoms with Crippen LogP contribution in [0.2, 0.25) is 0 Å². The van der Waals surface area contributed by atoms with Gasteiger partial charge >= 0.3 is 5.97 Å². The molecule has 0 aromatic carbocycles. The van der Waals surface area contributed by atoms with Gasteiger partial charge in [0, 0.05) is 18.5 Å². The second-order valence-corrected chi connectivity index (χ2v) is 4.94. The molecule has 0 aromatic heterocycles. The normalized spacial score (nSPS) is 17.2. The molecule has 1 amide bonds. The predicted octanol–water partition coefficient (Wildman–Crippen LogP) is 1.74. The van der Waals surface area contributed by atoms with Crippen molar-refractivity contribution in [2.75, 3.05) is 6.54 Å². The summed E-state index contributed by atoms with van der Waals surface area (Å²) in [6.45, 7) is 6.31. The van der Waals surface area contributed by atoms with Gasteiger partial charge in [0.05, 0.1) is 6.42 Å². The van der Waals surface area contributed by atoms with E-state index in [-0.39, 0.29) is 18.2 Å². The molecule has 4 nitrogen and oxygen atoms in total. The van der Waals surface area contributed by atoms with E-state index in [1.165, 1.54) is 0 Å². The van der Waals surface area contributed by atoms with Gasteiger partial charge in [0.25, 0.3) is 0 Å². The van der Waals surface area contributed by atoms with Crippen LogP contribution in [0.4, 0.5) is 0 Å². The van der Waals surface area contributed by atoms with Crippen molar-refractivity contribution >= 4 is 11.9 Å². The van der Waals surface area contributed by atoms with Crippen LogP contribution in [-0.2, 0) is 9.59 Å². The monoisotopic (exact) mass is 227 g/mol. The number of rotatable bonds is 6. The van der Waals surface area contributed by atoms with Gasteiger partial charge in [-0.2, -0.15) is 0 Å². The molecule has 0 aliphatic heterocycles. The minimum absolute atomic E-state index is 0.0191. The maximum absolute atomic E-state index is 12.1. The highest BCUT2D eigenvalue weighted by atomic mass is 16.4. The van der Waals surface area contributed by atoms with Crippen LogP contribution in [0.15, 0.2) is 0 Å². The van der Waals surface area contributed by atoms with Gasteiger partial charge in [-0.3, -0.25) is 9.59 Å². The van der Waals surface area contributed by atoms with Crippen molar-refractivity contribution in [3.8, 4) is 0 Å². The zero-order valence-corrected chi connectivity index (χ0v) is 10.3. The van der Waals surface area contributed by atoms with Gasteiger partial charge in [0.1, 0.15) is 0 Å². The van der Waals surface area contributed by atoms with E-state index in [2.05, 4.69) is 0 Å². The van der Waals surface area contributed by atoms with Gasteiger partial charge in [-0.1, -0.05) is 20.8 Å². The third-order valence-electron chi connectivity index (χ3n) is 3.23. The van der Waals surface area contributed by atoms with Crippen molar-refractivity contribution in [2.24, 2.45) is 11.8 Å². The van der Waals surface area contributed by atoms with E-state index >= 15 is 0 Å². The molecule has 0 radical (unpaired) electrons. The molecular weight excluding hydrogens is 206 g/mol. The Kier molecular flexibility index (Phi) is 4.33. The Morgan fingerprint density at radius 2 is 1.88 bits per heavy atom. The average Bonchev–Trinajstić information content (AvgIpc) is 3.00. The molecule has 1 N–H and O–H groups in total. The summed E-state index contributed by atoms with van der Waals surface area (Å²) in [5, 5.41) is 8.66. The van der Waals surface area contributed by atoms with Crippen LogP contribution in [-0.4, -0.2) is 34.5 Å². The smallest absolute Gasteiger partial charge is 0.305 e. The molecule has 1 unspecified atom stereocenters. The number of carbonyl (C=O) groups is 2. The molecule has 1 aliphatic rings. The molecule has 1 aliphatic carbocycles. The number of carboxylic acids is 1. The first-order chi connectivity index (χ1) is 7.43. The Morgan fingerprint density at radius 1 is 1.31 bits per heavy atom. The van der Waals surface area contributed by atoms with Crippen LogP contribution in [0.1, 0.15) is 40.0 Å². The van der Waals surface area contributed by atoms with E-state index in [0.29, 0.717) is 18.5 Å². The largest absolute Gasteiger partial charge is 0.481 e. The van der Waals surface area contributed by atoms with E-state index in [9.17, 15) is 9.59 Å². The van der Waals surface area contributed by atoms with Crippen LogP contribution in [0.25, 0.3) is 0 Å². The van der Waals surface area contributed by atoms with Crippen LogP contribution < -0.4 is 0 Å². The number of nitrogens with zero attached hydrogens (tertiary/aromatic N) is 1. The zero-order chi connectivity index (χ0) is 12.3. The summed E-state index contributed by atoms with van der Waals surface area (Å²) < 4.78 is 0. The number of aliphatic carboxylic acids is 1. The fourth-order valence-corrected chi connectivity index (χ4v) is 1.62. The topological polar surface area (TPSA) is 57.6 Å². The van der Waals surface area contributed by atoms with Crippen LogP contribution in [0.3, 0.4) is 0 Å². The lowest BCUT2D eigenvalue weighted by Crippen LogP contribution is -2.39. The molecule has 1 rings (SSSR count). The second kappa shape index (κ2) is 5.32. The third kappa shape index (κ3) is 3.51. The highest BCUT2D eigenvalue weighted by Crippen LogP contribution is 2.29. The highest BCUT2D eigenvalue weighted by molar-refractivity contribution is 5.80. The van der Waals surface area contributed by atoms with Gasteiger partial charge in [-0.25, -0.2) is 0 Å². The molecule has 0 spiro atoms. The lowest BCUT2D eigenvalue weighted by Gasteiger charge is -2.26. The summed E-state index contributed by atoms with van der Waals surface area (Å²) in [5.41, 5.74) is 0. The molecule has 4 heteroatoms. The maximum Gasteiger partial charge on any atom is 0.305 e. The van der Waals surface area contributed by atoms with E-state index in [0.717, 1.165) is 12.8 Å². The van der Waals surface area contributed by atoms with Gasteiger partial charge in [-0.05, 0) is 18.8 Å². The van der Waals surface area contributed by atoms with Crippen LogP contribution >= 0.6 is 0 Å². The Bertz CT molecular complexity index is 271. The van der Waals surface area contributed by atoms with Crippen molar-refractivity contribution < 1.29 is 14.7 Å². The van der Waals surface area contributed by atoms with Gasteiger partial charge in [-0.15, -0.1) is 0 Å². The SMILES string of the molecule is CC(C)C(C)C(=O)N(CCC(=O)O)C1CC1. The maximum atomic E-state index is 12.1. The highest BCUT2D eigenvalue weighted by Gasteiger charge is 2.35. The Balaban J connectivity index is 2.55. The van der Waals surface area contributed by atoms with Crippen LogP contribution in [0.5, 0.6) is 0 Å². The molecule has 0 bridgehead atoms. The van der Waals surface area contributed by atoms with Crippen molar-refractivity contribution in [1.82, 2.24) is 4.90 Å². The number of hydrogen-bond acceptors (Lipinski definition) is 2. The number of amides is 1. The third-order valence-corrected chi connectivity index (χ3v) is 3.23. The van der Waals surface area contributed by atoms with Crippen molar-refractivity contribution in [2.45, 2.75) is 46.1 Å². The predicted molar refractivity (Wildman–Crippen MR) is 61.0 cm³/mol. The molecule has 92 valence electrons. The molecule has 0 aromatic rings. The lowest BCUT2D eigenvalue weighted by atomic mass is 9.96. The molecule has 0 heterocycles. The van der Waals surface area contributed by atoms with E-state index in [4.69, 9.17) is 5.11 Å². The Hall–Kier alpha value is -1.06. The molecular formula is C12H21NO3. The number of carbonyl (C=O) groups excluding carboxylic acids is 1. The first-order valence-corrected chi connectivity index (χ1v) is 5.95. The average molecular weight is 227 g/mol. The molecule has 1 atom stereocenters. The molecule has 16 heavy (non-hydrogen) atoms. The van der Waals surface area contributed by atoms with Crippen molar-refractivity contribution in [3.05, 3.63) is 0 Å². The molecule has 0 saturated heterocycles. The quantitative estimate of drug-likeness (QED) is 0.752. The Morgan fingerprint density at radius 3 is 2.25 bits per heavy atom. The second-order valence-electron chi connectivity index (χ2n) is 4.94. The molecule has 1 saturated carbocycles.